The number of hydrogen-bond acceptors (Lipinski definition) is 2. The predicted molar refractivity (Wildman–Crippen MR) is 102 cm³/mol. The molecule has 0 atom stereocenters. The van der Waals surface area contributed by atoms with E-state index in [1.807, 2.05) is 66.1 Å². The van der Waals surface area contributed by atoms with Gasteiger partial charge < -0.3 is 9.30 Å². The lowest BCUT2D eigenvalue weighted by atomic mass is 10.0. The molecule has 1 saturated heterocycles. The summed E-state index contributed by atoms with van der Waals surface area (Å²) < 4.78 is 1.83. The van der Waals surface area contributed by atoms with Crippen LogP contribution in [0.25, 0.3) is 16.6 Å². The zero-order valence-electron chi connectivity index (χ0n) is 14.9. The lowest BCUT2D eigenvalue weighted by molar-refractivity contribution is -0.127. The number of aromatic nitrogens is 1. The molecule has 1 aromatic carbocycles. The van der Waals surface area contributed by atoms with Crippen LogP contribution in [-0.2, 0) is 4.79 Å². The topological polar surface area (TPSA) is 41.8 Å². The standard InChI is InChI=1S/C22H22N2O2/c1-16-8-10-17(11-9-16)19-15-18-7-3-6-14-24(18)20(19)21(25)22(26)23-12-4-2-5-13-23/h3,6-11,14-15H,2,4-5,12-13H2,1H3. The second-order valence-electron chi connectivity index (χ2n) is 6.95. The fourth-order valence-electron chi connectivity index (χ4n) is 3.65. The third-order valence-electron chi connectivity index (χ3n) is 5.09. The molecule has 4 heteroatoms. The molecule has 3 aromatic rings. The fraction of sp³-hybridized carbons (Fsp3) is 0.273. The third-order valence-corrected chi connectivity index (χ3v) is 5.09. The monoisotopic (exact) mass is 346 g/mol. The Morgan fingerprint density at radius 3 is 2.38 bits per heavy atom. The number of piperidine rings is 1. The normalized spacial score (nSPS) is 14.6. The minimum Gasteiger partial charge on any atom is -0.336 e. The van der Waals surface area contributed by atoms with Gasteiger partial charge in [-0.2, -0.15) is 0 Å². The predicted octanol–water partition coefficient (Wildman–Crippen LogP) is 4.11. The fourth-order valence-corrected chi connectivity index (χ4v) is 3.65. The zero-order chi connectivity index (χ0) is 18.1. The maximum Gasteiger partial charge on any atom is 0.296 e. The van der Waals surface area contributed by atoms with Gasteiger partial charge in [0.15, 0.2) is 0 Å². The number of ketones is 1. The molecular formula is C22H22N2O2. The van der Waals surface area contributed by atoms with E-state index in [-0.39, 0.29) is 5.91 Å². The van der Waals surface area contributed by atoms with Crippen LogP contribution in [0.4, 0.5) is 0 Å². The van der Waals surface area contributed by atoms with Gasteiger partial charge in [-0.25, -0.2) is 0 Å². The van der Waals surface area contributed by atoms with Crippen molar-refractivity contribution in [2.75, 3.05) is 13.1 Å². The quantitative estimate of drug-likeness (QED) is 0.529. The van der Waals surface area contributed by atoms with E-state index in [0.29, 0.717) is 18.8 Å². The Bertz CT molecular complexity index is 963. The van der Waals surface area contributed by atoms with Gasteiger partial charge in [0, 0.05) is 30.4 Å². The van der Waals surface area contributed by atoms with Crippen LogP contribution in [-0.4, -0.2) is 34.1 Å². The van der Waals surface area contributed by atoms with E-state index >= 15 is 0 Å². The maximum absolute atomic E-state index is 13.2. The van der Waals surface area contributed by atoms with Crippen molar-refractivity contribution >= 4 is 17.2 Å². The Kier molecular flexibility index (Phi) is 4.33. The van der Waals surface area contributed by atoms with E-state index in [0.717, 1.165) is 41.5 Å². The molecule has 0 aliphatic carbocycles. The summed E-state index contributed by atoms with van der Waals surface area (Å²) >= 11 is 0. The van der Waals surface area contributed by atoms with Crippen LogP contribution in [0.5, 0.6) is 0 Å². The number of likely N-dealkylation sites (tertiary alicyclic amines) is 1. The first-order valence-electron chi connectivity index (χ1n) is 9.16. The molecule has 0 N–H and O–H groups in total. The molecule has 0 unspecified atom stereocenters. The van der Waals surface area contributed by atoms with Crippen LogP contribution in [0.2, 0.25) is 0 Å². The van der Waals surface area contributed by atoms with Crippen molar-refractivity contribution in [3.8, 4) is 11.1 Å². The van der Waals surface area contributed by atoms with Gasteiger partial charge in [0.25, 0.3) is 11.7 Å². The highest BCUT2D eigenvalue weighted by atomic mass is 16.2. The van der Waals surface area contributed by atoms with Crippen LogP contribution in [0, 0.1) is 6.92 Å². The van der Waals surface area contributed by atoms with Crippen molar-refractivity contribution in [2.45, 2.75) is 26.2 Å². The minimum absolute atomic E-state index is 0.387. The van der Waals surface area contributed by atoms with E-state index in [4.69, 9.17) is 0 Å². The molecule has 0 radical (unpaired) electrons. The van der Waals surface area contributed by atoms with Crippen molar-refractivity contribution in [2.24, 2.45) is 0 Å². The Hall–Kier alpha value is -2.88. The number of carbonyl (C=O) groups excluding carboxylic acids is 2. The molecule has 2 aromatic heterocycles. The number of fused-ring (bicyclic) bond motifs is 1. The first-order chi connectivity index (χ1) is 12.6. The summed E-state index contributed by atoms with van der Waals surface area (Å²) in [6.07, 6.45) is 4.92. The lowest BCUT2D eigenvalue weighted by Crippen LogP contribution is -2.40. The number of nitrogens with zero attached hydrogens (tertiary/aromatic N) is 2. The van der Waals surface area contributed by atoms with E-state index in [1.54, 1.807) is 4.90 Å². The molecule has 0 spiro atoms. The third kappa shape index (κ3) is 2.92. The van der Waals surface area contributed by atoms with Crippen molar-refractivity contribution in [1.82, 2.24) is 9.30 Å². The van der Waals surface area contributed by atoms with Crippen molar-refractivity contribution < 1.29 is 9.59 Å². The van der Waals surface area contributed by atoms with Crippen LogP contribution in [0.15, 0.2) is 54.7 Å². The van der Waals surface area contributed by atoms with Gasteiger partial charge in [0.2, 0.25) is 0 Å². The Morgan fingerprint density at radius 2 is 1.65 bits per heavy atom. The molecule has 26 heavy (non-hydrogen) atoms. The number of benzene rings is 1. The Morgan fingerprint density at radius 1 is 0.923 bits per heavy atom. The average molecular weight is 346 g/mol. The summed E-state index contributed by atoms with van der Waals surface area (Å²) in [5, 5.41) is 0. The van der Waals surface area contributed by atoms with E-state index in [2.05, 4.69) is 0 Å². The SMILES string of the molecule is Cc1ccc(-c2cc3ccccn3c2C(=O)C(=O)N2CCCCC2)cc1. The average Bonchev–Trinajstić information content (AvgIpc) is 3.07. The number of amides is 1. The molecule has 132 valence electrons. The van der Waals surface area contributed by atoms with Crippen LogP contribution in [0.3, 0.4) is 0 Å². The molecule has 0 saturated carbocycles. The van der Waals surface area contributed by atoms with Crippen molar-refractivity contribution in [3.63, 3.8) is 0 Å². The number of hydrogen-bond donors (Lipinski definition) is 0. The number of pyridine rings is 1. The number of aryl methyl sites for hydroxylation is 1. The molecule has 1 aliphatic rings. The van der Waals surface area contributed by atoms with Gasteiger partial charge in [-0.3, -0.25) is 9.59 Å². The van der Waals surface area contributed by atoms with Crippen LogP contribution >= 0.6 is 0 Å². The van der Waals surface area contributed by atoms with Gasteiger partial charge >= 0.3 is 0 Å². The molecule has 0 bridgehead atoms. The first kappa shape index (κ1) is 16.6. The molecule has 3 heterocycles. The summed E-state index contributed by atoms with van der Waals surface area (Å²) in [7, 11) is 0. The Balaban J connectivity index is 1.82. The number of carbonyl (C=O) groups is 2. The molecule has 1 aliphatic heterocycles. The number of rotatable bonds is 3. The highest BCUT2D eigenvalue weighted by molar-refractivity contribution is 6.43. The maximum atomic E-state index is 13.2. The van der Waals surface area contributed by atoms with Gasteiger partial charge in [-0.15, -0.1) is 0 Å². The smallest absolute Gasteiger partial charge is 0.296 e. The molecule has 4 rings (SSSR count). The minimum atomic E-state index is -0.423. The van der Waals surface area contributed by atoms with E-state index < -0.39 is 5.78 Å². The highest BCUT2D eigenvalue weighted by Crippen LogP contribution is 2.29. The Labute approximate surface area is 153 Å². The second-order valence-corrected chi connectivity index (χ2v) is 6.95. The van der Waals surface area contributed by atoms with Crippen LogP contribution in [0.1, 0.15) is 35.3 Å². The van der Waals surface area contributed by atoms with Gasteiger partial charge in [-0.1, -0.05) is 35.9 Å². The van der Waals surface area contributed by atoms with Gasteiger partial charge in [0.05, 0.1) is 0 Å². The van der Waals surface area contributed by atoms with E-state index in [9.17, 15) is 9.59 Å². The summed E-state index contributed by atoms with van der Waals surface area (Å²) in [6, 6.07) is 15.8. The lowest BCUT2D eigenvalue weighted by Gasteiger charge is -2.26. The molecule has 1 fully saturated rings. The summed E-state index contributed by atoms with van der Waals surface area (Å²) in [5.41, 5.74) is 4.30. The van der Waals surface area contributed by atoms with Crippen molar-refractivity contribution in [1.29, 1.82) is 0 Å². The van der Waals surface area contributed by atoms with E-state index in [1.165, 1.54) is 0 Å². The van der Waals surface area contributed by atoms with Gasteiger partial charge in [0.1, 0.15) is 5.69 Å². The first-order valence-corrected chi connectivity index (χ1v) is 9.16. The highest BCUT2D eigenvalue weighted by Gasteiger charge is 2.29. The number of Topliss-reactive ketones (excluding diaryl/α,β-unsaturated/α-hetero) is 1. The summed E-state index contributed by atoms with van der Waals surface area (Å²) in [4.78, 5) is 27.7. The van der Waals surface area contributed by atoms with Crippen LogP contribution < -0.4 is 0 Å². The van der Waals surface area contributed by atoms with Crippen molar-refractivity contribution in [3.05, 3.63) is 66.0 Å². The molecule has 1 amide bonds. The molecule has 4 nitrogen and oxygen atoms in total. The molecular weight excluding hydrogens is 324 g/mol. The van der Waals surface area contributed by atoms with Gasteiger partial charge in [-0.05, 0) is 49.9 Å². The summed E-state index contributed by atoms with van der Waals surface area (Å²) in [6.45, 7) is 3.38. The zero-order valence-corrected chi connectivity index (χ0v) is 14.9. The summed E-state index contributed by atoms with van der Waals surface area (Å²) in [5.74, 6) is -0.810. The largest absolute Gasteiger partial charge is 0.336 e. The second kappa shape index (κ2) is 6.79.